The molecule has 0 unspecified atom stereocenters. The van der Waals surface area contributed by atoms with Crippen LogP contribution < -0.4 is 5.32 Å². The summed E-state index contributed by atoms with van der Waals surface area (Å²) in [5, 5.41) is 2.90. The third kappa shape index (κ3) is 5.07. The van der Waals surface area contributed by atoms with E-state index in [0.717, 1.165) is 17.8 Å². The average molecular weight is 320 g/mol. The molecule has 1 heterocycles. The van der Waals surface area contributed by atoms with E-state index in [9.17, 15) is 4.79 Å². The summed E-state index contributed by atoms with van der Waals surface area (Å²) in [5.41, 5.74) is 3.15. The van der Waals surface area contributed by atoms with Crippen LogP contribution in [0.1, 0.15) is 30.4 Å². The number of benzene rings is 2. The third-order valence-electron chi connectivity index (χ3n) is 4.30. The van der Waals surface area contributed by atoms with Crippen molar-refractivity contribution in [2.45, 2.75) is 25.8 Å². The van der Waals surface area contributed by atoms with Gasteiger partial charge in [0.1, 0.15) is 0 Å². The van der Waals surface area contributed by atoms with Crippen LogP contribution in [-0.4, -0.2) is 23.9 Å². The van der Waals surface area contributed by atoms with Gasteiger partial charge in [-0.3, -0.25) is 9.69 Å². The molecule has 1 aliphatic rings. The van der Waals surface area contributed by atoms with Crippen molar-refractivity contribution in [2.24, 2.45) is 0 Å². The van der Waals surface area contributed by atoms with E-state index >= 15 is 0 Å². The first-order valence-electron chi connectivity index (χ1n) is 8.65. The Morgan fingerprint density at radius 2 is 1.67 bits per heavy atom. The van der Waals surface area contributed by atoms with Crippen LogP contribution >= 0.6 is 0 Å². The Kier molecular flexibility index (Phi) is 5.80. The summed E-state index contributed by atoms with van der Waals surface area (Å²) >= 11 is 0. The Balaban J connectivity index is 1.51. The Bertz CT molecular complexity index is 671. The van der Waals surface area contributed by atoms with Gasteiger partial charge in [0.15, 0.2) is 0 Å². The van der Waals surface area contributed by atoms with Gasteiger partial charge in [-0.15, -0.1) is 0 Å². The number of carbonyl (C=O) groups excluding carboxylic acids is 1. The van der Waals surface area contributed by atoms with Gasteiger partial charge in [-0.05, 0) is 55.3 Å². The number of likely N-dealkylation sites (tertiary alicyclic amines) is 1. The minimum absolute atomic E-state index is 0.109. The zero-order chi connectivity index (χ0) is 16.6. The Morgan fingerprint density at radius 3 is 2.38 bits per heavy atom. The maximum atomic E-state index is 12.0. The maximum absolute atomic E-state index is 12.0. The van der Waals surface area contributed by atoms with Gasteiger partial charge in [0, 0.05) is 18.3 Å². The molecule has 0 atom stereocenters. The normalized spacial score (nSPS) is 15.5. The Labute approximate surface area is 144 Å². The number of piperidine rings is 1. The molecule has 124 valence electrons. The van der Waals surface area contributed by atoms with Crippen LogP contribution in [0.5, 0.6) is 0 Å². The van der Waals surface area contributed by atoms with E-state index in [0.29, 0.717) is 0 Å². The van der Waals surface area contributed by atoms with Gasteiger partial charge in [0.05, 0.1) is 0 Å². The summed E-state index contributed by atoms with van der Waals surface area (Å²) in [7, 11) is 0. The van der Waals surface area contributed by atoms with Crippen molar-refractivity contribution in [1.82, 2.24) is 4.90 Å². The highest BCUT2D eigenvalue weighted by Gasteiger charge is 2.10. The SMILES string of the molecule is O=C(/C=C/c1ccccc1)Nc1ccc(CN2CCCCC2)cc1. The lowest BCUT2D eigenvalue weighted by Crippen LogP contribution is -2.29. The predicted octanol–water partition coefficient (Wildman–Crippen LogP) is 4.32. The van der Waals surface area contributed by atoms with E-state index in [1.54, 1.807) is 6.08 Å². The molecule has 3 heteroatoms. The second-order valence-corrected chi connectivity index (χ2v) is 6.27. The summed E-state index contributed by atoms with van der Waals surface area (Å²) in [4.78, 5) is 14.5. The van der Waals surface area contributed by atoms with Crippen LogP contribution in [0.4, 0.5) is 5.69 Å². The molecule has 24 heavy (non-hydrogen) atoms. The number of rotatable bonds is 5. The predicted molar refractivity (Wildman–Crippen MR) is 99.7 cm³/mol. The van der Waals surface area contributed by atoms with Crippen LogP contribution in [-0.2, 0) is 11.3 Å². The van der Waals surface area contributed by atoms with Crippen LogP contribution in [0, 0.1) is 0 Å². The summed E-state index contributed by atoms with van der Waals surface area (Å²) in [5.74, 6) is -0.109. The number of amides is 1. The molecule has 0 bridgehead atoms. The molecule has 0 aliphatic carbocycles. The molecule has 1 amide bonds. The first-order chi connectivity index (χ1) is 11.8. The molecular weight excluding hydrogens is 296 g/mol. The fourth-order valence-electron chi connectivity index (χ4n) is 2.99. The quantitative estimate of drug-likeness (QED) is 0.832. The number of anilines is 1. The molecule has 3 nitrogen and oxygen atoms in total. The van der Waals surface area contributed by atoms with Crippen LogP contribution in [0.15, 0.2) is 60.7 Å². The van der Waals surface area contributed by atoms with Crippen LogP contribution in [0.25, 0.3) is 6.08 Å². The number of nitrogens with one attached hydrogen (secondary N) is 1. The Hall–Kier alpha value is -2.39. The van der Waals surface area contributed by atoms with E-state index in [-0.39, 0.29) is 5.91 Å². The molecule has 0 saturated carbocycles. The van der Waals surface area contributed by atoms with Crippen molar-refractivity contribution in [3.05, 3.63) is 71.8 Å². The van der Waals surface area contributed by atoms with Gasteiger partial charge in [-0.1, -0.05) is 48.9 Å². The molecule has 2 aromatic rings. The van der Waals surface area contributed by atoms with Crippen molar-refractivity contribution < 1.29 is 4.79 Å². The smallest absolute Gasteiger partial charge is 0.248 e. The second kappa shape index (κ2) is 8.46. The summed E-state index contributed by atoms with van der Waals surface area (Å²) in [6.07, 6.45) is 7.36. The minimum Gasteiger partial charge on any atom is -0.323 e. The topological polar surface area (TPSA) is 32.3 Å². The van der Waals surface area contributed by atoms with E-state index in [2.05, 4.69) is 22.3 Å². The second-order valence-electron chi connectivity index (χ2n) is 6.27. The maximum Gasteiger partial charge on any atom is 0.248 e. The van der Waals surface area contributed by atoms with Gasteiger partial charge in [0.25, 0.3) is 0 Å². The molecule has 1 fully saturated rings. The lowest BCUT2D eigenvalue weighted by atomic mass is 10.1. The number of hydrogen-bond acceptors (Lipinski definition) is 2. The first kappa shape index (κ1) is 16.5. The summed E-state index contributed by atoms with van der Waals surface area (Å²) in [6, 6.07) is 18.0. The average Bonchev–Trinajstić information content (AvgIpc) is 2.63. The number of nitrogens with zero attached hydrogens (tertiary/aromatic N) is 1. The summed E-state index contributed by atoms with van der Waals surface area (Å²) in [6.45, 7) is 3.40. The van der Waals surface area contributed by atoms with Gasteiger partial charge in [-0.25, -0.2) is 0 Å². The number of hydrogen-bond donors (Lipinski definition) is 1. The van der Waals surface area contributed by atoms with E-state index in [1.807, 2.05) is 48.5 Å². The molecule has 1 aliphatic heterocycles. The van der Waals surface area contributed by atoms with Crippen molar-refractivity contribution in [3.63, 3.8) is 0 Å². The molecular formula is C21H24N2O. The molecule has 1 saturated heterocycles. The Morgan fingerprint density at radius 1 is 0.958 bits per heavy atom. The van der Waals surface area contributed by atoms with Crippen molar-refractivity contribution in [3.8, 4) is 0 Å². The van der Waals surface area contributed by atoms with E-state index < -0.39 is 0 Å². The van der Waals surface area contributed by atoms with Gasteiger partial charge in [0.2, 0.25) is 5.91 Å². The van der Waals surface area contributed by atoms with Gasteiger partial charge < -0.3 is 5.32 Å². The highest BCUT2D eigenvalue weighted by molar-refractivity contribution is 6.01. The molecule has 0 aromatic heterocycles. The molecule has 0 spiro atoms. The van der Waals surface area contributed by atoms with Gasteiger partial charge >= 0.3 is 0 Å². The molecule has 3 rings (SSSR count). The van der Waals surface area contributed by atoms with Crippen molar-refractivity contribution >= 4 is 17.7 Å². The van der Waals surface area contributed by atoms with Crippen LogP contribution in [0.2, 0.25) is 0 Å². The fourth-order valence-corrected chi connectivity index (χ4v) is 2.99. The van der Waals surface area contributed by atoms with E-state index in [4.69, 9.17) is 0 Å². The van der Waals surface area contributed by atoms with Crippen LogP contribution in [0.3, 0.4) is 0 Å². The third-order valence-corrected chi connectivity index (χ3v) is 4.30. The molecule has 2 aromatic carbocycles. The standard InChI is InChI=1S/C21H24N2O/c24-21(14-11-18-7-3-1-4-8-18)22-20-12-9-19(10-13-20)17-23-15-5-2-6-16-23/h1,3-4,7-14H,2,5-6,15-17H2,(H,22,24)/b14-11+. The number of carbonyl (C=O) groups is 1. The molecule has 1 N–H and O–H groups in total. The molecule has 0 radical (unpaired) electrons. The van der Waals surface area contributed by atoms with E-state index in [1.165, 1.54) is 37.9 Å². The fraction of sp³-hybridized carbons (Fsp3) is 0.286. The monoisotopic (exact) mass is 320 g/mol. The van der Waals surface area contributed by atoms with Crippen molar-refractivity contribution in [1.29, 1.82) is 0 Å². The van der Waals surface area contributed by atoms with Gasteiger partial charge in [-0.2, -0.15) is 0 Å². The summed E-state index contributed by atoms with van der Waals surface area (Å²) < 4.78 is 0. The zero-order valence-electron chi connectivity index (χ0n) is 13.9. The largest absolute Gasteiger partial charge is 0.323 e. The lowest BCUT2D eigenvalue weighted by Gasteiger charge is -2.26. The van der Waals surface area contributed by atoms with Crippen molar-refractivity contribution in [2.75, 3.05) is 18.4 Å². The highest BCUT2D eigenvalue weighted by atomic mass is 16.1. The minimum atomic E-state index is -0.109. The lowest BCUT2D eigenvalue weighted by molar-refractivity contribution is -0.111. The first-order valence-corrected chi connectivity index (χ1v) is 8.65. The highest BCUT2D eigenvalue weighted by Crippen LogP contribution is 2.15. The zero-order valence-corrected chi connectivity index (χ0v) is 13.9.